The van der Waals surface area contributed by atoms with E-state index in [2.05, 4.69) is 68.4 Å². The Kier molecular flexibility index (Phi) is 4.47. The third-order valence-corrected chi connectivity index (χ3v) is 6.11. The van der Waals surface area contributed by atoms with Crippen LogP contribution < -0.4 is 10.2 Å². The number of nitrogens with zero attached hydrogens (tertiary/aromatic N) is 4. The highest BCUT2D eigenvalue weighted by Gasteiger charge is 2.25. The van der Waals surface area contributed by atoms with Crippen molar-refractivity contribution < 1.29 is 5.11 Å². The molecule has 0 radical (unpaired) electrons. The topological polar surface area (TPSA) is 64.5 Å². The molecule has 1 aromatic heterocycles. The number of benzene rings is 2. The Balaban J connectivity index is 1.28. The molecule has 28 heavy (non-hydrogen) atoms. The Morgan fingerprint density at radius 1 is 1.00 bits per heavy atom. The van der Waals surface area contributed by atoms with Gasteiger partial charge in [-0.2, -0.15) is 0 Å². The van der Waals surface area contributed by atoms with Gasteiger partial charge in [0.1, 0.15) is 6.23 Å². The molecule has 0 spiro atoms. The van der Waals surface area contributed by atoms with E-state index in [9.17, 15) is 5.11 Å². The van der Waals surface area contributed by atoms with Gasteiger partial charge in [0.25, 0.3) is 0 Å². The van der Waals surface area contributed by atoms with Crippen LogP contribution in [0.15, 0.2) is 48.8 Å². The van der Waals surface area contributed by atoms with E-state index in [1.165, 1.54) is 16.8 Å². The number of aliphatic hydroxyl groups is 1. The summed E-state index contributed by atoms with van der Waals surface area (Å²) in [4.78, 5) is 13.7. The normalized spacial score (nSPS) is 21.1. The zero-order valence-corrected chi connectivity index (χ0v) is 16.0. The lowest BCUT2D eigenvalue weighted by Gasteiger charge is -2.39. The van der Waals surface area contributed by atoms with Crippen LogP contribution in [-0.2, 0) is 6.54 Å². The lowest BCUT2D eigenvalue weighted by atomic mass is 10.0. The zero-order valence-electron chi connectivity index (χ0n) is 16.0. The van der Waals surface area contributed by atoms with Crippen molar-refractivity contribution in [3.63, 3.8) is 0 Å². The second-order valence-electron chi connectivity index (χ2n) is 7.67. The van der Waals surface area contributed by atoms with Crippen LogP contribution in [0.25, 0.3) is 11.0 Å². The van der Waals surface area contributed by atoms with Crippen molar-refractivity contribution in [3.8, 4) is 0 Å². The van der Waals surface area contributed by atoms with Crippen LogP contribution in [-0.4, -0.2) is 46.2 Å². The first-order valence-electron chi connectivity index (χ1n) is 9.93. The van der Waals surface area contributed by atoms with Crippen molar-refractivity contribution in [1.82, 2.24) is 20.2 Å². The van der Waals surface area contributed by atoms with Gasteiger partial charge in [-0.1, -0.05) is 12.1 Å². The van der Waals surface area contributed by atoms with Gasteiger partial charge in [0.2, 0.25) is 0 Å². The van der Waals surface area contributed by atoms with Gasteiger partial charge in [-0.05, 0) is 42.3 Å². The van der Waals surface area contributed by atoms with Crippen LogP contribution >= 0.6 is 0 Å². The molecule has 5 rings (SSSR count). The molecule has 6 nitrogen and oxygen atoms in total. The number of hydrogen-bond acceptors (Lipinski definition) is 6. The van der Waals surface area contributed by atoms with Crippen LogP contribution in [0.5, 0.6) is 0 Å². The smallest absolute Gasteiger partial charge is 0.131 e. The van der Waals surface area contributed by atoms with Crippen LogP contribution in [0.2, 0.25) is 0 Å². The van der Waals surface area contributed by atoms with Crippen LogP contribution in [0.3, 0.4) is 0 Å². The molecule has 0 bridgehead atoms. The summed E-state index contributed by atoms with van der Waals surface area (Å²) < 4.78 is 0. The molecule has 1 fully saturated rings. The molecule has 3 aromatic rings. The Morgan fingerprint density at radius 2 is 1.79 bits per heavy atom. The van der Waals surface area contributed by atoms with Crippen molar-refractivity contribution >= 4 is 16.7 Å². The SMILES string of the molecule is C[C@@H](c1ccc2nccnc2c1)N1CCN(c2ccc3c(c2)C(O)NC3)CC1. The monoisotopic (exact) mass is 375 g/mol. The Labute approximate surface area is 164 Å². The maximum Gasteiger partial charge on any atom is 0.131 e. The summed E-state index contributed by atoms with van der Waals surface area (Å²) >= 11 is 0. The maximum atomic E-state index is 10.1. The molecule has 3 heterocycles. The number of nitrogens with one attached hydrogen (secondary N) is 1. The highest BCUT2D eigenvalue weighted by Crippen LogP contribution is 2.30. The fourth-order valence-electron chi connectivity index (χ4n) is 4.33. The molecule has 144 valence electrons. The van der Waals surface area contributed by atoms with Crippen molar-refractivity contribution in [1.29, 1.82) is 0 Å². The molecule has 6 heteroatoms. The van der Waals surface area contributed by atoms with Gasteiger partial charge in [-0.3, -0.25) is 20.2 Å². The summed E-state index contributed by atoms with van der Waals surface area (Å²) in [6.07, 6.45) is 2.95. The average Bonchev–Trinajstić information content (AvgIpc) is 3.13. The number of fused-ring (bicyclic) bond motifs is 2. The Morgan fingerprint density at radius 3 is 2.61 bits per heavy atom. The molecular weight excluding hydrogens is 350 g/mol. The highest BCUT2D eigenvalue weighted by atomic mass is 16.3. The van der Waals surface area contributed by atoms with E-state index >= 15 is 0 Å². The van der Waals surface area contributed by atoms with Gasteiger partial charge in [-0.25, -0.2) is 0 Å². The summed E-state index contributed by atoms with van der Waals surface area (Å²) in [7, 11) is 0. The van der Waals surface area contributed by atoms with Crippen LogP contribution in [0.4, 0.5) is 5.69 Å². The van der Waals surface area contributed by atoms with E-state index in [0.717, 1.165) is 49.3 Å². The average molecular weight is 375 g/mol. The van der Waals surface area contributed by atoms with Crippen molar-refractivity contribution in [2.45, 2.75) is 25.7 Å². The molecule has 0 saturated carbocycles. The molecule has 0 aliphatic carbocycles. The second-order valence-corrected chi connectivity index (χ2v) is 7.67. The first-order chi connectivity index (χ1) is 13.7. The van der Waals surface area contributed by atoms with E-state index in [0.29, 0.717) is 6.04 Å². The summed E-state index contributed by atoms with van der Waals surface area (Å²) in [5, 5.41) is 13.2. The van der Waals surface area contributed by atoms with Gasteiger partial charge in [0.15, 0.2) is 0 Å². The molecule has 1 unspecified atom stereocenters. The predicted molar refractivity (Wildman–Crippen MR) is 110 cm³/mol. The van der Waals surface area contributed by atoms with Crippen molar-refractivity contribution in [3.05, 3.63) is 65.5 Å². The van der Waals surface area contributed by atoms with E-state index in [4.69, 9.17) is 0 Å². The zero-order chi connectivity index (χ0) is 19.1. The van der Waals surface area contributed by atoms with E-state index in [-0.39, 0.29) is 0 Å². The maximum absolute atomic E-state index is 10.1. The number of anilines is 1. The third-order valence-electron chi connectivity index (χ3n) is 6.11. The van der Waals surface area contributed by atoms with Gasteiger partial charge in [-0.15, -0.1) is 0 Å². The second kappa shape index (κ2) is 7.13. The molecule has 2 aromatic carbocycles. The minimum atomic E-state index is -0.535. The largest absolute Gasteiger partial charge is 0.374 e. The Hall–Kier alpha value is -2.54. The lowest BCUT2D eigenvalue weighted by Crippen LogP contribution is -2.47. The number of aliphatic hydroxyl groups excluding tert-OH is 1. The molecule has 2 aliphatic rings. The fourth-order valence-corrected chi connectivity index (χ4v) is 4.33. The first-order valence-corrected chi connectivity index (χ1v) is 9.93. The van der Waals surface area contributed by atoms with Crippen LogP contribution in [0, 0.1) is 0 Å². The third kappa shape index (κ3) is 3.13. The lowest BCUT2D eigenvalue weighted by molar-refractivity contribution is 0.151. The minimum absolute atomic E-state index is 0.347. The highest BCUT2D eigenvalue weighted by molar-refractivity contribution is 5.74. The fraction of sp³-hybridized carbons (Fsp3) is 0.364. The van der Waals surface area contributed by atoms with Crippen molar-refractivity contribution in [2.75, 3.05) is 31.1 Å². The van der Waals surface area contributed by atoms with Gasteiger partial charge in [0.05, 0.1) is 11.0 Å². The molecule has 2 atom stereocenters. The summed E-state index contributed by atoms with van der Waals surface area (Å²) in [5.41, 5.74) is 6.60. The summed E-state index contributed by atoms with van der Waals surface area (Å²) in [6.45, 7) is 7.01. The minimum Gasteiger partial charge on any atom is -0.374 e. The summed E-state index contributed by atoms with van der Waals surface area (Å²) in [6, 6.07) is 13.2. The number of aromatic nitrogens is 2. The predicted octanol–water partition coefficient (Wildman–Crippen LogP) is 2.61. The summed E-state index contributed by atoms with van der Waals surface area (Å²) in [5.74, 6) is 0. The van der Waals surface area contributed by atoms with Gasteiger partial charge < -0.3 is 10.0 Å². The Bertz CT molecular complexity index is 999. The molecule has 2 N–H and O–H groups in total. The number of rotatable bonds is 3. The van der Waals surface area contributed by atoms with Gasteiger partial charge >= 0.3 is 0 Å². The molecule has 0 amide bonds. The first kappa shape index (κ1) is 17.6. The quantitative estimate of drug-likeness (QED) is 0.734. The van der Waals surface area contributed by atoms with E-state index in [1.807, 2.05) is 0 Å². The van der Waals surface area contributed by atoms with Gasteiger partial charge in [0, 0.05) is 62.4 Å². The van der Waals surface area contributed by atoms with E-state index < -0.39 is 6.23 Å². The number of hydrogen-bond donors (Lipinski definition) is 2. The molecule has 2 aliphatic heterocycles. The van der Waals surface area contributed by atoms with Crippen molar-refractivity contribution in [2.24, 2.45) is 0 Å². The molecule has 1 saturated heterocycles. The van der Waals surface area contributed by atoms with Crippen LogP contribution in [0.1, 0.15) is 35.9 Å². The standard InChI is InChI=1S/C22H25N5O/c1-15(16-3-5-20-21(12-16)24-7-6-23-20)26-8-10-27(11-9-26)18-4-2-17-14-25-22(28)19(17)13-18/h2-7,12-13,15,22,25,28H,8-11,14H2,1H3/t15-,22?/m0/s1. The number of piperazine rings is 1. The van der Waals surface area contributed by atoms with E-state index in [1.54, 1.807) is 12.4 Å². The molecular formula is C22H25N5O.